The van der Waals surface area contributed by atoms with Gasteiger partial charge in [-0.15, -0.1) is 24.8 Å². The van der Waals surface area contributed by atoms with Crippen LogP contribution in [0.1, 0.15) is 41.7 Å². The van der Waals surface area contributed by atoms with Gasteiger partial charge in [0.2, 0.25) is 0 Å². The number of amides is 1. The van der Waals surface area contributed by atoms with Gasteiger partial charge >= 0.3 is 0 Å². The number of aryl methyl sites for hydroxylation is 1. The summed E-state index contributed by atoms with van der Waals surface area (Å²) >= 11 is 0. The maximum Gasteiger partial charge on any atom is 0.253 e. The summed E-state index contributed by atoms with van der Waals surface area (Å²) in [7, 11) is 0. The van der Waals surface area contributed by atoms with Gasteiger partial charge in [0.15, 0.2) is 5.65 Å². The summed E-state index contributed by atoms with van der Waals surface area (Å²) in [5.74, 6) is 0.311. The first kappa shape index (κ1) is 19.7. The number of pyridine rings is 1. The average Bonchev–Trinajstić information content (AvgIpc) is 2.88. The average molecular weight is 360 g/mol. The van der Waals surface area contributed by atoms with Crippen molar-refractivity contribution in [2.75, 3.05) is 6.54 Å². The third-order valence-corrected chi connectivity index (χ3v) is 4.39. The van der Waals surface area contributed by atoms with Gasteiger partial charge in [-0.1, -0.05) is 12.8 Å². The summed E-state index contributed by atoms with van der Waals surface area (Å²) in [4.78, 5) is 16.7. The molecular weight excluding hydrogens is 337 g/mol. The smallest absolute Gasteiger partial charge is 0.253 e. The Morgan fingerprint density at radius 3 is 2.87 bits per heavy atom. The lowest BCUT2D eigenvalue weighted by molar-refractivity contribution is 0.0908. The van der Waals surface area contributed by atoms with Crippen molar-refractivity contribution in [3.05, 3.63) is 23.5 Å². The van der Waals surface area contributed by atoms with Crippen molar-refractivity contribution in [3.63, 3.8) is 0 Å². The summed E-state index contributed by atoms with van der Waals surface area (Å²) in [5.41, 5.74) is 7.95. The Morgan fingerprint density at radius 1 is 1.39 bits per heavy atom. The van der Waals surface area contributed by atoms with Crippen LogP contribution in [0.5, 0.6) is 0 Å². The van der Waals surface area contributed by atoms with Crippen LogP contribution in [-0.4, -0.2) is 33.7 Å². The molecule has 128 valence electrons. The molecule has 2 aromatic rings. The Labute approximate surface area is 147 Å². The summed E-state index contributed by atoms with van der Waals surface area (Å²) < 4.78 is 0. The third-order valence-electron chi connectivity index (χ3n) is 4.39. The zero-order valence-electron chi connectivity index (χ0n) is 13.0. The molecule has 0 aliphatic heterocycles. The number of H-pyrrole nitrogens is 1. The lowest BCUT2D eigenvalue weighted by Crippen LogP contribution is -2.44. The molecule has 1 saturated carbocycles. The van der Waals surface area contributed by atoms with E-state index in [1.807, 2.05) is 13.0 Å². The van der Waals surface area contributed by atoms with Crippen LogP contribution in [-0.2, 0) is 0 Å². The zero-order valence-corrected chi connectivity index (χ0v) is 14.7. The molecule has 6 nitrogen and oxygen atoms in total. The molecule has 2 aromatic heterocycles. The number of carbonyl (C=O) groups excluding carboxylic acids is 1. The van der Waals surface area contributed by atoms with E-state index in [0.717, 1.165) is 30.3 Å². The normalized spacial score (nSPS) is 20.4. The van der Waals surface area contributed by atoms with E-state index in [-0.39, 0.29) is 36.8 Å². The molecule has 1 aliphatic rings. The lowest BCUT2D eigenvalue weighted by Gasteiger charge is -2.31. The quantitative estimate of drug-likeness (QED) is 0.783. The lowest BCUT2D eigenvalue weighted by atomic mass is 9.84. The first-order valence-corrected chi connectivity index (χ1v) is 7.50. The van der Waals surface area contributed by atoms with E-state index in [4.69, 9.17) is 5.73 Å². The van der Waals surface area contributed by atoms with Gasteiger partial charge in [-0.25, -0.2) is 4.98 Å². The highest BCUT2D eigenvalue weighted by molar-refractivity contribution is 5.97. The summed E-state index contributed by atoms with van der Waals surface area (Å²) in [5, 5.41) is 11.0. The Bertz CT molecular complexity index is 660. The van der Waals surface area contributed by atoms with Gasteiger partial charge in [0, 0.05) is 23.3 Å². The highest BCUT2D eigenvalue weighted by Crippen LogP contribution is 2.24. The number of halogens is 2. The minimum atomic E-state index is -0.0738. The van der Waals surface area contributed by atoms with Gasteiger partial charge in [-0.3, -0.25) is 9.89 Å². The van der Waals surface area contributed by atoms with Crippen molar-refractivity contribution in [2.24, 2.45) is 11.7 Å². The minimum Gasteiger partial charge on any atom is -0.349 e. The van der Waals surface area contributed by atoms with E-state index in [9.17, 15) is 4.79 Å². The van der Waals surface area contributed by atoms with Crippen molar-refractivity contribution in [3.8, 4) is 0 Å². The monoisotopic (exact) mass is 359 g/mol. The summed E-state index contributed by atoms with van der Waals surface area (Å²) in [6.07, 6.45) is 6.04. The number of nitrogens with zero attached hydrogens (tertiary/aromatic N) is 2. The standard InChI is InChI=1S/C15H21N5O.2ClH/c1-9-12-6-11(8-17-14(12)20-19-9)15(21)18-13-5-3-2-4-10(13)7-16;;/h6,8,10,13H,2-5,7,16H2,1H3,(H,18,21)(H,17,19,20);2*1H. The van der Waals surface area contributed by atoms with E-state index >= 15 is 0 Å². The maximum absolute atomic E-state index is 12.4. The fraction of sp³-hybridized carbons (Fsp3) is 0.533. The molecule has 8 heteroatoms. The predicted octanol–water partition coefficient (Wildman–Crippen LogP) is 2.36. The molecule has 1 fully saturated rings. The number of rotatable bonds is 3. The number of aromatic nitrogens is 3. The van der Waals surface area contributed by atoms with Crippen molar-refractivity contribution in [2.45, 2.75) is 38.6 Å². The van der Waals surface area contributed by atoms with E-state index in [0.29, 0.717) is 23.7 Å². The number of hydrogen-bond acceptors (Lipinski definition) is 4. The number of nitrogens with one attached hydrogen (secondary N) is 2. The Balaban J connectivity index is 0.00000132. The first-order valence-electron chi connectivity index (χ1n) is 7.50. The molecule has 4 N–H and O–H groups in total. The van der Waals surface area contributed by atoms with E-state index in [1.54, 1.807) is 6.20 Å². The molecular formula is C15H23Cl2N5O. The predicted molar refractivity (Wildman–Crippen MR) is 95.4 cm³/mol. The molecule has 0 aromatic carbocycles. The number of hydrogen-bond donors (Lipinski definition) is 3. The SMILES string of the molecule is Cc1[nH]nc2ncc(C(=O)NC3CCCCC3CN)cc12.Cl.Cl. The van der Waals surface area contributed by atoms with Crippen LogP contribution in [0.4, 0.5) is 0 Å². The second kappa shape index (κ2) is 8.47. The molecule has 2 atom stereocenters. The third kappa shape index (κ3) is 4.13. The largest absolute Gasteiger partial charge is 0.349 e. The van der Waals surface area contributed by atoms with Gasteiger partial charge in [-0.2, -0.15) is 5.10 Å². The molecule has 0 bridgehead atoms. The molecule has 0 spiro atoms. The summed E-state index contributed by atoms with van der Waals surface area (Å²) in [6, 6.07) is 2.02. The Kier molecular flexibility index (Phi) is 7.25. The highest BCUT2D eigenvalue weighted by atomic mass is 35.5. The van der Waals surface area contributed by atoms with Crippen molar-refractivity contribution in [1.29, 1.82) is 0 Å². The van der Waals surface area contributed by atoms with Crippen molar-refractivity contribution in [1.82, 2.24) is 20.5 Å². The van der Waals surface area contributed by atoms with Gasteiger partial charge in [0.05, 0.1) is 5.56 Å². The van der Waals surface area contributed by atoms with Crippen molar-refractivity contribution >= 4 is 41.8 Å². The fourth-order valence-electron chi connectivity index (χ4n) is 3.08. The highest BCUT2D eigenvalue weighted by Gasteiger charge is 2.25. The Morgan fingerprint density at radius 2 is 2.13 bits per heavy atom. The first-order chi connectivity index (χ1) is 10.2. The molecule has 1 aliphatic carbocycles. The molecule has 0 saturated heterocycles. The van der Waals surface area contributed by atoms with Crippen LogP contribution in [0, 0.1) is 12.8 Å². The summed E-state index contributed by atoms with van der Waals surface area (Å²) in [6.45, 7) is 2.55. The zero-order chi connectivity index (χ0) is 14.8. The van der Waals surface area contributed by atoms with Crippen LogP contribution >= 0.6 is 24.8 Å². The molecule has 2 heterocycles. The minimum absolute atomic E-state index is 0. The molecule has 23 heavy (non-hydrogen) atoms. The molecule has 3 rings (SSSR count). The molecule has 0 radical (unpaired) electrons. The number of aromatic amines is 1. The van der Waals surface area contributed by atoms with E-state index in [2.05, 4.69) is 20.5 Å². The fourth-order valence-corrected chi connectivity index (χ4v) is 3.08. The van der Waals surface area contributed by atoms with Crippen LogP contribution in [0.25, 0.3) is 11.0 Å². The topological polar surface area (TPSA) is 96.7 Å². The number of fused-ring (bicyclic) bond motifs is 1. The second-order valence-electron chi connectivity index (χ2n) is 5.80. The number of nitrogens with two attached hydrogens (primary N) is 1. The van der Waals surface area contributed by atoms with E-state index in [1.165, 1.54) is 6.42 Å². The van der Waals surface area contributed by atoms with Crippen molar-refractivity contribution < 1.29 is 4.79 Å². The van der Waals surface area contributed by atoms with Crippen LogP contribution in [0.3, 0.4) is 0 Å². The second-order valence-corrected chi connectivity index (χ2v) is 5.80. The molecule has 1 amide bonds. The van der Waals surface area contributed by atoms with Crippen LogP contribution in [0.15, 0.2) is 12.3 Å². The maximum atomic E-state index is 12.4. The Hall–Kier alpha value is -1.37. The van der Waals surface area contributed by atoms with Crippen LogP contribution in [0.2, 0.25) is 0 Å². The van der Waals surface area contributed by atoms with E-state index < -0.39 is 0 Å². The van der Waals surface area contributed by atoms with Crippen LogP contribution < -0.4 is 11.1 Å². The molecule has 2 unspecified atom stereocenters. The van der Waals surface area contributed by atoms with Gasteiger partial charge in [0.25, 0.3) is 5.91 Å². The van der Waals surface area contributed by atoms with Gasteiger partial charge in [-0.05, 0) is 38.3 Å². The van der Waals surface area contributed by atoms with Gasteiger partial charge in [0.1, 0.15) is 0 Å². The van der Waals surface area contributed by atoms with Gasteiger partial charge < -0.3 is 11.1 Å². The number of carbonyl (C=O) groups is 1.